The molecule has 0 fully saturated rings. The number of benzene rings is 2. The highest BCUT2D eigenvalue weighted by molar-refractivity contribution is 6.36. The molecule has 0 N–H and O–H groups in total. The number of anilines is 1. The van der Waals surface area contributed by atoms with Gasteiger partial charge in [0.15, 0.2) is 0 Å². The molecule has 0 aromatic heterocycles. The van der Waals surface area contributed by atoms with Gasteiger partial charge in [-0.25, -0.2) is 0 Å². The molecule has 1 aliphatic heterocycles. The van der Waals surface area contributed by atoms with Gasteiger partial charge >= 0.3 is 0 Å². The van der Waals surface area contributed by atoms with E-state index in [1.165, 1.54) is 0 Å². The van der Waals surface area contributed by atoms with Gasteiger partial charge in [-0.2, -0.15) is 0 Å². The molecule has 1 heterocycles. The lowest BCUT2D eigenvalue weighted by Crippen LogP contribution is -2.37. The summed E-state index contributed by atoms with van der Waals surface area (Å²) >= 11 is 12.3. The van der Waals surface area contributed by atoms with Crippen molar-refractivity contribution < 1.29 is 4.79 Å². The van der Waals surface area contributed by atoms with Gasteiger partial charge in [-0.15, -0.1) is 11.6 Å². The maximum absolute atomic E-state index is 11.9. The molecule has 0 saturated carbocycles. The Balaban J connectivity index is 2.32. The summed E-state index contributed by atoms with van der Waals surface area (Å²) in [5.41, 5.74) is 2.07. The molecule has 1 aliphatic rings. The standard InChI is InChI=1S/C15H13Cl2NO/c1-9(19)18-11(8-16)6-10-7-14(17)12-4-2-3-5-13(12)15(10)18/h2-5,7,11H,6,8H2,1H3. The number of hydrogen-bond acceptors (Lipinski definition) is 1. The molecule has 0 bridgehead atoms. The molecule has 2 nitrogen and oxygen atoms in total. The zero-order valence-electron chi connectivity index (χ0n) is 10.5. The highest BCUT2D eigenvalue weighted by Gasteiger charge is 2.33. The third-order valence-corrected chi connectivity index (χ3v) is 4.29. The van der Waals surface area contributed by atoms with Gasteiger partial charge in [-0.05, 0) is 18.1 Å². The topological polar surface area (TPSA) is 20.3 Å². The average Bonchev–Trinajstić information content (AvgIpc) is 2.77. The summed E-state index contributed by atoms with van der Waals surface area (Å²) in [6.07, 6.45) is 0.767. The van der Waals surface area contributed by atoms with E-state index in [9.17, 15) is 4.79 Å². The number of fused-ring (bicyclic) bond motifs is 3. The summed E-state index contributed by atoms with van der Waals surface area (Å²) < 4.78 is 0. The predicted molar refractivity (Wildman–Crippen MR) is 80.3 cm³/mol. The Kier molecular flexibility index (Phi) is 3.15. The molecule has 2 aromatic rings. The molecule has 0 radical (unpaired) electrons. The van der Waals surface area contributed by atoms with Crippen molar-refractivity contribution in [2.24, 2.45) is 0 Å². The molecule has 98 valence electrons. The Bertz CT molecular complexity index is 668. The molecule has 0 saturated heterocycles. The van der Waals surface area contributed by atoms with Gasteiger partial charge in [0.25, 0.3) is 0 Å². The first-order valence-electron chi connectivity index (χ1n) is 6.19. The number of rotatable bonds is 1. The lowest BCUT2D eigenvalue weighted by Gasteiger charge is -2.23. The van der Waals surface area contributed by atoms with E-state index in [-0.39, 0.29) is 11.9 Å². The van der Waals surface area contributed by atoms with Crippen molar-refractivity contribution in [3.05, 3.63) is 40.9 Å². The van der Waals surface area contributed by atoms with Crippen molar-refractivity contribution in [2.75, 3.05) is 10.8 Å². The fourth-order valence-electron chi connectivity index (χ4n) is 2.88. The van der Waals surface area contributed by atoms with Crippen molar-refractivity contribution in [1.82, 2.24) is 0 Å². The normalized spacial score (nSPS) is 17.8. The van der Waals surface area contributed by atoms with E-state index >= 15 is 0 Å². The summed E-state index contributed by atoms with van der Waals surface area (Å²) in [6.45, 7) is 1.58. The molecule has 0 aliphatic carbocycles. The van der Waals surface area contributed by atoms with Crippen LogP contribution in [0.5, 0.6) is 0 Å². The Morgan fingerprint density at radius 2 is 2.05 bits per heavy atom. The molecule has 19 heavy (non-hydrogen) atoms. The second-order valence-corrected chi connectivity index (χ2v) is 5.53. The van der Waals surface area contributed by atoms with Gasteiger partial charge in [-0.3, -0.25) is 4.79 Å². The molecular formula is C15H13Cl2NO. The largest absolute Gasteiger partial charge is 0.307 e. The SMILES string of the molecule is CC(=O)N1c2c(cc(Cl)c3ccccc23)CC1CCl. The number of alkyl halides is 1. The molecule has 1 amide bonds. The minimum absolute atomic E-state index is 0.0241. The number of halogens is 2. The Morgan fingerprint density at radius 1 is 1.37 bits per heavy atom. The number of nitrogens with zero attached hydrogens (tertiary/aromatic N) is 1. The van der Waals surface area contributed by atoms with Gasteiger partial charge < -0.3 is 4.90 Å². The van der Waals surface area contributed by atoms with Crippen molar-refractivity contribution >= 4 is 45.6 Å². The first-order chi connectivity index (χ1) is 9.13. The molecule has 1 atom stereocenters. The lowest BCUT2D eigenvalue weighted by molar-refractivity contribution is -0.116. The van der Waals surface area contributed by atoms with E-state index in [1.54, 1.807) is 11.8 Å². The highest BCUT2D eigenvalue weighted by atomic mass is 35.5. The summed E-state index contributed by atoms with van der Waals surface area (Å²) in [6, 6.07) is 9.88. The van der Waals surface area contributed by atoms with Crippen LogP contribution in [0.3, 0.4) is 0 Å². The van der Waals surface area contributed by atoms with Crippen LogP contribution in [0.4, 0.5) is 5.69 Å². The second kappa shape index (κ2) is 4.69. The smallest absolute Gasteiger partial charge is 0.224 e. The first kappa shape index (κ1) is 12.8. The number of carbonyl (C=O) groups excluding carboxylic acids is 1. The van der Waals surface area contributed by atoms with Crippen LogP contribution in [-0.4, -0.2) is 17.8 Å². The van der Waals surface area contributed by atoms with Crippen LogP contribution in [0.1, 0.15) is 12.5 Å². The highest BCUT2D eigenvalue weighted by Crippen LogP contribution is 2.41. The average molecular weight is 294 g/mol. The Labute approximate surface area is 121 Å². The van der Waals surface area contributed by atoms with Crippen LogP contribution < -0.4 is 4.90 Å². The van der Waals surface area contributed by atoms with Crippen LogP contribution >= 0.6 is 23.2 Å². The molecule has 0 spiro atoms. The number of amides is 1. The van der Waals surface area contributed by atoms with E-state index in [0.29, 0.717) is 5.88 Å². The van der Waals surface area contributed by atoms with E-state index in [4.69, 9.17) is 23.2 Å². The third kappa shape index (κ3) is 1.90. The van der Waals surface area contributed by atoms with Crippen LogP contribution in [0, 0.1) is 0 Å². The lowest BCUT2D eigenvalue weighted by atomic mass is 10.0. The van der Waals surface area contributed by atoms with Gasteiger partial charge in [0, 0.05) is 28.6 Å². The van der Waals surface area contributed by atoms with E-state index < -0.39 is 0 Å². The monoisotopic (exact) mass is 293 g/mol. The summed E-state index contributed by atoms with van der Waals surface area (Å²) in [4.78, 5) is 13.7. The molecular weight excluding hydrogens is 281 g/mol. The molecule has 3 rings (SSSR count). The second-order valence-electron chi connectivity index (χ2n) is 4.81. The first-order valence-corrected chi connectivity index (χ1v) is 7.10. The minimum Gasteiger partial charge on any atom is -0.307 e. The minimum atomic E-state index is 0.0241. The van der Waals surface area contributed by atoms with Gasteiger partial charge in [0.1, 0.15) is 0 Å². The van der Waals surface area contributed by atoms with Crippen molar-refractivity contribution in [2.45, 2.75) is 19.4 Å². The van der Waals surface area contributed by atoms with Gasteiger partial charge in [0.05, 0.1) is 11.7 Å². The number of hydrogen-bond donors (Lipinski definition) is 0. The summed E-state index contributed by atoms with van der Waals surface area (Å²) in [5, 5.41) is 2.73. The van der Waals surface area contributed by atoms with E-state index in [0.717, 1.165) is 33.5 Å². The van der Waals surface area contributed by atoms with E-state index in [1.807, 2.05) is 30.3 Å². The van der Waals surface area contributed by atoms with Gasteiger partial charge in [0.2, 0.25) is 5.91 Å². The zero-order chi connectivity index (χ0) is 13.6. The maximum atomic E-state index is 11.9. The van der Waals surface area contributed by atoms with Crippen LogP contribution in [0.15, 0.2) is 30.3 Å². The van der Waals surface area contributed by atoms with Crippen molar-refractivity contribution in [3.8, 4) is 0 Å². The zero-order valence-corrected chi connectivity index (χ0v) is 12.0. The van der Waals surface area contributed by atoms with Crippen LogP contribution in [0.2, 0.25) is 5.02 Å². The van der Waals surface area contributed by atoms with E-state index in [2.05, 4.69) is 0 Å². The summed E-state index contributed by atoms with van der Waals surface area (Å²) in [5.74, 6) is 0.456. The van der Waals surface area contributed by atoms with Crippen LogP contribution in [0.25, 0.3) is 10.8 Å². The number of carbonyl (C=O) groups is 1. The van der Waals surface area contributed by atoms with Gasteiger partial charge in [-0.1, -0.05) is 35.9 Å². The van der Waals surface area contributed by atoms with Crippen molar-refractivity contribution in [1.29, 1.82) is 0 Å². The molecule has 2 aromatic carbocycles. The summed E-state index contributed by atoms with van der Waals surface area (Å²) in [7, 11) is 0. The quantitative estimate of drug-likeness (QED) is 0.728. The fraction of sp³-hybridized carbons (Fsp3) is 0.267. The fourth-order valence-corrected chi connectivity index (χ4v) is 3.42. The maximum Gasteiger partial charge on any atom is 0.224 e. The molecule has 4 heteroatoms. The molecule has 1 unspecified atom stereocenters. The van der Waals surface area contributed by atoms with Crippen molar-refractivity contribution in [3.63, 3.8) is 0 Å². The predicted octanol–water partition coefficient (Wildman–Crippen LogP) is 4.01. The Hall–Kier alpha value is -1.25. The Morgan fingerprint density at radius 3 is 2.68 bits per heavy atom. The third-order valence-electron chi connectivity index (χ3n) is 3.62. The van der Waals surface area contributed by atoms with Crippen LogP contribution in [-0.2, 0) is 11.2 Å².